The van der Waals surface area contributed by atoms with Crippen LogP contribution in [0.5, 0.6) is 0 Å². The fraction of sp³-hybridized carbons (Fsp3) is 0.857. The minimum Gasteiger partial charge on any atom is -0.481 e. The molecule has 0 bridgehead atoms. The number of unbranched alkanes of at least 4 members (excludes halogenated alkanes) is 1. The molecular formula is C14H26N2O4. The van der Waals surface area contributed by atoms with Crippen molar-refractivity contribution in [3.63, 3.8) is 0 Å². The number of ether oxygens (including phenoxy) is 1. The molecule has 2 N–H and O–H groups in total. The van der Waals surface area contributed by atoms with Crippen molar-refractivity contribution in [1.82, 2.24) is 10.2 Å². The molecule has 0 saturated carbocycles. The Morgan fingerprint density at radius 2 is 2.10 bits per heavy atom. The first-order valence-corrected chi connectivity index (χ1v) is 7.38. The molecule has 6 nitrogen and oxygen atoms in total. The molecule has 0 radical (unpaired) electrons. The Balaban J connectivity index is 2.60. The van der Waals surface area contributed by atoms with Crippen molar-refractivity contribution < 1.29 is 19.4 Å². The Kier molecular flexibility index (Phi) is 6.78. The van der Waals surface area contributed by atoms with Crippen molar-refractivity contribution in [3.8, 4) is 0 Å². The van der Waals surface area contributed by atoms with Gasteiger partial charge < -0.3 is 20.1 Å². The van der Waals surface area contributed by atoms with Crippen molar-refractivity contribution in [2.75, 3.05) is 19.8 Å². The summed E-state index contributed by atoms with van der Waals surface area (Å²) >= 11 is 0. The lowest BCUT2D eigenvalue weighted by molar-refractivity contribution is -0.142. The average molecular weight is 286 g/mol. The van der Waals surface area contributed by atoms with Gasteiger partial charge in [0, 0.05) is 12.6 Å². The fourth-order valence-corrected chi connectivity index (χ4v) is 2.49. The van der Waals surface area contributed by atoms with E-state index in [9.17, 15) is 9.59 Å². The van der Waals surface area contributed by atoms with Crippen molar-refractivity contribution in [1.29, 1.82) is 0 Å². The second-order valence-corrected chi connectivity index (χ2v) is 5.33. The highest BCUT2D eigenvalue weighted by Crippen LogP contribution is 2.20. The molecule has 0 aromatic rings. The highest BCUT2D eigenvalue weighted by atomic mass is 16.5. The summed E-state index contributed by atoms with van der Waals surface area (Å²) in [6.07, 6.45) is 3.09. The summed E-state index contributed by atoms with van der Waals surface area (Å²) < 4.78 is 5.23. The molecule has 1 fully saturated rings. The number of amides is 2. The Hall–Kier alpha value is -1.30. The molecule has 3 atom stereocenters. The van der Waals surface area contributed by atoms with E-state index < -0.39 is 11.9 Å². The zero-order valence-corrected chi connectivity index (χ0v) is 12.6. The molecule has 1 aliphatic heterocycles. The van der Waals surface area contributed by atoms with Crippen LogP contribution in [-0.4, -0.2) is 53.8 Å². The van der Waals surface area contributed by atoms with Gasteiger partial charge in [0.15, 0.2) is 0 Å². The Labute approximate surface area is 120 Å². The summed E-state index contributed by atoms with van der Waals surface area (Å²) in [6, 6.07) is -0.476. The van der Waals surface area contributed by atoms with Gasteiger partial charge in [-0.25, -0.2) is 4.79 Å². The first-order chi connectivity index (χ1) is 9.51. The number of aliphatic carboxylic acids is 1. The smallest absolute Gasteiger partial charge is 0.317 e. The number of urea groups is 1. The van der Waals surface area contributed by atoms with Crippen LogP contribution in [0.15, 0.2) is 0 Å². The molecule has 2 amide bonds. The van der Waals surface area contributed by atoms with E-state index in [1.165, 1.54) is 0 Å². The van der Waals surface area contributed by atoms with Crippen molar-refractivity contribution in [2.45, 2.75) is 52.1 Å². The summed E-state index contributed by atoms with van der Waals surface area (Å²) in [5.74, 6) is -1.54. The van der Waals surface area contributed by atoms with Crippen LogP contribution in [0.25, 0.3) is 0 Å². The maximum Gasteiger partial charge on any atom is 0.317 e. The predicted molar refractivity (Wildman–Crippen MR) is 75.6 cm³/mol. The number of likely N-dealkylation sites (N-methyl/N-ethyl adjacent to an activating group) is 1. The van der Waals surface area contributed by atoms with Gasteiger partial charge >= 0.3 is 12.0 Å². The molecule has 116 valence electrons. The van der Waals surface area contributed by atoms with Gasteiger partial charge in [-0.1, -0.05) is 19.8 Å². The second kappa shape index (κ2) is 8.09. The lowest BCUT2D eigenvalue weighted by Crippen LogP contribution is -2.52. The maximum atomic E-state index is 12.3. The molecule has 1 heterocycles. The average Bonchev–Trinajstić information content (AvgIpc) is 2.86. The number of carbonyl (C=O) groups is 2. The summed E-state index contributed by atoms with van der Waals surface area (Å²) in [5.41, 5.74) is 0. The highest BCUT2D eigenvalue weighted by molar-refractivity contribution is 5.77. The van der Waals surface area contributed by atoms with Crippen LogP contribution >= 0.6 is 0 Å². The number of rotatable bonds is 7. The van der Waals surface area contributed by atoms with Crippen LogP contribution in [0, 0.1) is 5.92 Å². The SMILES string of the molecule is CCCCC(C)NC(=O)N(CC)C1COCC1C(=O)O. The third-order valence-electron chi connectivity index (χ3n) is 3.73. The molecule has 0 aliphatic carbocycles. The molecule has 3 unspecified atom stereocenters. The van der Waals surface area contributed by atoms with Crippen LogP contribution in [0.1, 0.15) is 40.0 Å². The monoisotopic (exact) mass is 286 g/mol. The third-order valence-corrected chi connectivity index (χ3v) is 3.73. The van der Waals surface area contributed by atoms with Gasteiger partial charge in [-0.05, 0) is 20.3 Å². The lowest BCUT2D eigenvalue weighted by atomic mass is 10.0. The first-order valence-electron chi connectivity index (χ1n) is 7.38. The number of nitrogens with zero attached hydrogens (tertiary/aromatic N) is 1. The number of carboxylic acids is 1. The second-order valence-electron chi connectivity index (χ2n) is 5.33. The van der Waals surface area contributed by atoms with Gasteiger partial charge in [0.25, 0.3) is 0 Å². The Morgan fingerprint density at radius 1 is 1.40 bits per heavy atom. The van der Waals surface area contributed by atoms with E-state index in [0.29, 0.717) is 13.2 Å². The molecule has 0 aromatic heterocycles. The van der Waals surface area contributed by atoms with Crippen molar-refractivity contribution in [3.05, 3.63) is 0 Å². The molecule has 1 saturated heterocycles. The Bertz CT molecular complexity index is 335. The van der Waals surface area contributed by atoms with Gasteiger partial charge in [-0.3, -0.25) is 4.79 Å². The zero-order valence-electron chi connectivity index (χ0n) is 12.6. The zero-order chi connectivity index (χ0) is 15.1. The normalized spacial score (nSPS) is 23.4. The topological polar surface area (TPSA) is 78.9 Å². The minimum absolute atomic E-state index is 0.0992. The number of carboxylic acid groups (broad SMARTS) is 1. The minimum atomic E-state index is -0.905. The summed E-state index contributed by atoms with van der Waals surface area (Å²) in [5, 5.41) is 12.1. The van der Waals surface area contributed by atoms with Crippen LogP contribution in [0.3, 0.4) is 0 Å². The maximum absolute atomic E-state index is 12.3. The molecule has 0 aromatic carbocycles. The van der Waals surface area contributed by atoms with Crippen LogP contribution in [-0.2, 0) is 9.53 Å². The van der Waals surface area contributed by atoms with Crippen molar-refractivity contribution >= 4 is 12.0 Å². The van der Waals surface area contributed by atoms with E-state index in [1.54, 1.807) is 4.90 Å². The van der Waals surface area contributed by atoms with Gasteiger partial charge in [0.2, 0.25) is 0 Å². The summed E-state index contributed by atoms with van der Waals surface area (Å²) in [7, 11) is 0. The predicted octanol–water partition coefficient (Wildman–Crippen LogP) is 1.70. The number of hydrogen-bond donors (Lipinski definition) is 2. The van der Waals surface area contributed by atoms with E-state index in [4.69, 9.17) is 9.84 Å². The van der Waals surface area contributed by atoms with Crippen molar-refractivity contribution in [2.24, 2.45) is 5.92 Å². The molecular weight excluding hydrogens is 260 g/mol. The van der Waals surface area contributed by atoms with Gasteiger partial charge in [-0.2, -0.15) is 0 Å². The molecule has 1 rings (SSSR count). The van der Waals surface area contributed by atoms with E-state index in [-0.39, 0.29) is 24.7 Å². The van der Waals surface area contributed by atoms with Crippen LogP contribution < -0.4 is 5.32 Å². The van der Waals surface area contributed by atoms with E-state index in [1.807, 2.05) is 13.8 Å². The molecule has 20 heavy (non-hydrogen) atoms. The number of carbonyl (C=O) groups excluding carboxylic acids is 1. The van der Waals surface area contributed by atoms with E-state index in [2.05, 4.69) is 12.2 Å². The molecule has 1 aliphatic rings. The quantitative estimate of drug-likeness (QED) is 0.746. The molecule has 0 spiro atoms. The highest BCUT2D eigenvalue weighted by Gasteiger charge is 2.39. The van der Waals surface area contributed by atoms with Gasteiger partial charge in [-0.15, -0.1) is 0 Å². The lowest BCUT2D eigenvalue weighted by Gasteiger charge is -2.30. The number of hydrogen-bond acceptors (Lipinski definition) is 3. The van der Waals surface area contributed by atoms with Crippen LogP contribution in [0.2, 0.25) is 0 Å². The van der Waals surface area contributed by atoms with Gasteiger partial charge in [0.1, 0.15) is 5.92 Å². The Morgan fingerprint density at radius 3 is 2.65 bits per heavy atom. The van der Waals surface area contributed by atoms with E-state index >= 15 is 0 Å². The standard InChI is InChI=1S/C14H26N2O4/c1-4-6-7-10(3)15-14(19)16(5-2)12-9-20-8-11(12)13(17)18/h10-12H,4-9H2,1-3H3,(H,15,19)(H,17,18). The fourth-order valence-electron chi connectivity index (χ4n) is 2.49. The summed E-state index contributed by atoms with van der Waals surface area (Å²) in [6.45, 7) is 6.88. The number of nitrogens with one attached hydrogen (secondary N) is 1. The first kappa shape index (κ1) is 16.8. The van der Waals surface area contributed by atoms with Crippen LogP contribution in [0.4, 0.5) is 4.79 Å². The van der Waals surface area contributed by atoms with E-state index in [0.717, 1.165) is 19.3 Å². The third kappa shape index (κ3) is 4.37. The summed E-state index contributed by atoms with van der Waals surface area (Å²) in [4.78, 5) is 25.0. The molecule has 6 heteroatoms. The van der Waals surface area contributed by atoms with Gasteiger partial charge in [0.05, 0.1) is 19.3 Å². The largest absolute Gasteiger partial charge is 0.481 e.